The van der Waals surface area contributed by atoms with Crippen LogP contribution >= 0.6 is 0 Å². The van der Waals surface area contributed by atoms with Crippen LogP contribution in [0.5, 0.6) is 0 Å². The Morgan fingerprint density at radius 3 is 2.28 bits per heavy atom. The molecule has 0 heterocycles. The molecule has 0 atom stereocenters. The predicted molar refractivity (Wildman–Crippen MR) is 107 cm³/mol. The summed E-state index contributed by atoms with van der Waals surface area (Å²) in [5, 5.41) is 6.81. The Kier molecular flexibility index (Phi) is 10.2. The van der Waals surface area contributed by atoms with Crippen LogP contribution < -0.4 is 10.6 Å². The fourth-order valence-corrected chi connectivity index (χ4v) is 2.90. The third-order valence-corrected chi connectivity index (χ3v) is 4.24. The highest BCUT2D eigenvalue weighted by atomic mass is 16.5. The summed E-state index contributed by atoms with van der Waals surface area (Å²) >= 11 is 0. The van der Waals surface area contributed by atoms with Gasteiger partial charge in [0.05, 0.1) is 6.61 Å². The molecule has 0 aliphatic rings. The number of rotatable bonds is 10. The van der Waals surface area contributed by atoms with E-state index in [1.807, 2.05) is 14.0 Å². The zero-order valence-corrected chi connectivity index (χ0v) is 16.8. The van der Waals surface area contributed by atoms with E-state index in [4.69, 9.17) is 4.74 Å². The molecule has 5 heteroatoms. The van der Waals surface area contributed by atoms with Crippen LogP contribution in [0.3, 0.4) is 0 Å². The van der Waals surface area contributed by atoms with Crippen molar-refractivity contribution in [3.63, 3.8) is 0 Å². The van der Waals surface area contributed by atoms with Crippen LogP contribution in [0.15, 0.2) is 29.3 Å². The number of guanidine groups is 1. The Bertz CT molecular complexity index is 506. The number of aliphatic imine (C=N–C) groups is 1. The van der Waals surface area contributed by atoms with Crippen molar-refractivity contribution in [3.05, 3.63) is 35.4 Å². The average Bonchev–Trinajstić information content (AvgIpc) is 2.59. The maximum Gasteiger partial charge on any atom is 0.191 e. The number of hydrogen-bond donors (Lipinski definition) is 2. The molecule has 142 valence electrons. The van der Waals surface area contributed by atoms with Gasteiger partial charge in [-0.15, -0.1) is 0 Å². The van der Waals surface area contributed by atoms with Gasteiger partial charge in [-0.3, -0.25) is 9.89 Å². The first-order chi connectivity index (χ1) is 12.0. The standard InChI is InChI=1S/C20H36N4O/c1-7-25-15-19-11-9-8-10-18(19)14-23-20(21-6)22-12-13-24(16(2)3)17(4)5/h8-11,16-17H,7,12-15H2,1-6H3,(H2,21,22,23). The third-order valence-electron chi connectivity index (χ3n) is 4.24. The number of nitrogens with zero attached hydrogens (tertiary/aromatic N) is 2. The summed E-state index contributed by atoms with van der Waals surface area (Å²) in [6.45, 7) is 15.0. The lowest BCUT2D eigenvalue weighted by molar-refractivity contribution is 0.133. The van der Waals surface area contributed by atoms with Gasteiger partial charge in [-0.25, -0.2) is 0 Å². The Balaban J connectivity index is 2.50. The lowest BCUT2D eigenvalue weighted by Gasteiger charge is -2.30. The zero-order valence-electron chi connectivity index (χ0n) is 16.8. The maximum absolute atomic E-state index is 5.55. The molecule has 1 rings (SSSR count). The summed E-state index contributed by atoms with van der Waals surface area (Å²) in [6, 6.07) is 9.45. The van der Waals surface area contributed by atoms with E-state index in [0.717, 1.165) is 32.2 Å². The van der Waals surface area contributed by atoms with Crippen molar-refractivity contribution >= 4 is 5.96 Å². The quantitative estimate of drug-likeness (QED) is 0.504. The van der Waals surface area contributed by atoms with Gasteiger partial charge in [0.15, 0.2) is 5.96 Å². The lowest BCUT2D eigenvalue weighted by Crippen LogP contribution is -2.45. The summed E-state index contributed by atoms with van der Waals surface area (Å²) in [5.74, 6) is 0.832. The molecule has 0 unspecified atom stereocenters. The van der Waals surface area contributed by atoms with Crippen molar-refractivity contribution in [1.29, 1.82) is 0 Å². The molecule has 1 aromatic rings. The summed E-state index contributed by atoms with van der Waals surface area (Å²) < 4.78 is 5.55. The van der Waals surface area contributed by atoms with Crippen LogP contribution in [-0.2, 0) is 17.9 Å². The number of nitrogens with one attached hydrogen (secondary N) is 2. The smallest absolute Gasteiger partial charge is 0.191 e. The van der Waals surface area contributed by atoms with Crippen LogP contribution in [0.1, 0.15) is 45.7 Å². The third kappa shape index (κ3) is 7.88. The molecule has 0 aromatic heterocycles. The maximum atomic E-state index is 5.55. The van der Waals surface area contributed by atoms with E-state index in [2.05, 4.69) is 72.5 Å². The molecule has 25 heavy (non-hydrogen) atoms. The summed E-state index contributed by atoms with van der Waals surface area (Å²) in [6.07, 6.45) is 0. The monoisotopic (exact) mass is 348 g/mol. The summed E-state index contributed by atoms with van der Waals surface area (Å²) in [5.41, 5.74) is 2.46. The minimum Gasteiger partial charge on any atom is -0.377 e. The van der Waals surface area contributed by atoms with Crippen LogP contribution in [0.2, 0.25) is 0 Å². The minimum atomic E-state index is 0.544. The molecule has 0 spiro atoms. The highest BCUT2D eigenvalue weighted by Gasteiger charge is 2.12. The number of hydrogen-bond acceptors (Lipinski definition) is 3. The van der Waals surface area contributed by atoms with Crippen LogP contribution in [0.25, 0.3) is 0 Å². The van der Waals surface area contributed by atoms with E-state index in [0.29, 0.717) is 18.7 Å². The Labute approximate surface area is 153 Å². The largest absolute Gasteiger partial charge is 0.377 e. The highest BCUT2D eigenvalue weighted by Crippen LogP contribution is 2.10. The van der Waals surface area contributed by atoms with Crippen molar-refractivity contribution < 1.29 is 4.74 Å². The topological polar surface area (TPSA) is 48.9 Å². The minimum absolute atomic E-state index is 0.544. The molecule has 0 saturated heterocycles. The van der Waals surface area contributed by atoms with Gasteiger partial charge in [0.25, 0.3) is 0 Å². The van der Waals surface area contributed by atoms with Gasteiger partial charge < -0.3 is 15.4 Å². The van der Waals surface area contributed by atoms with Crippen molar-refractivity contribution in [2.24, 2.45) is 4.99 Å². The van der Waals surface area contributed by atoms with E-state index in [9.17, 15) is 0 Å². The van der Waals surface area contributed by atoms with Gasteiger partial charge >= 0.3 is 0 Å². The molecule has 0 aliphatic heterocycles. The molecule has 0 bridgehead atoms. The second kappa shape index (κ2) is 11.9. The SMILES string of the molecule is CCOCc1ccccc1CNC(=NC)NCCN(C(C)C)C(C)C. The van der Waals surface area contributed by atoms with E-state index in [-0.39, 0.29) is 0 Å². The molecule has 2 N–H and O–H groups in total. The molecule has 0 fully saturated rings. The number of benzene rings is 1. The Hall–Kier alpha value is -1.59. The molecular weight excluding hydrogens is 312 g/mol. The van der Waals surface area contributed by atoms with Crippen LogP contribution in [0.4, 0.5) is 0 Å². The Morgan fingerprint density at radius 2 is 1.72 bits per heavy atom. The van der Waals surface area contributed by atoms with Gasteiger partial charge in [-0.05, 0) is 45.7 Å². The van der Waals surface area contributed by atoms with E-state index >= 15 is 0 Å². The fourth-order valence-electron chi connectivity index (χ4n) is 2.90. The molecule has 0 amide bonds. The first kappa shape index (κ1) is 21.5. The van der Waals surface area contributed by atoms with Crippen LogP contribution in [-0.4, -0.2) is 49.7 Å². The fraction of sp³-hybridized carbons (Fsp3) is 0.650. The van der Waals surface area contributed by atoms with Gasteiger partial charge in [-0.2, -0.15) is 0 Å². The summed E-state index contributed by atoms with van der Waals surface area (Å²) in [7, 11) is 1.81. The van der Waals surface area contributed by atoms with Gasteiger partial charge in [0, 0.05) is 45.4 Å². The second-order valence-corrected chi connectivity index (χ2v) is 6.68. The molecule has 0 saturated carbocycles. The predicted octanol–water partition coefficient (Wildman–Crippen LogP) is 3.01. The molecule has 1 aromatic carbocycles. The second-order valence-electron chi connectivity index (χ2n) is 6.68. The average molecular weight is 349 g/mol. The lowest BCUT2D eigenvalue weighted by atomic mass is 10.1. The van der Waals surface area contributed by atoms with Gasteiger partial charge in [0.1, 0.15) is 0 Å². The Morgan fingerprint density at radius 1 is 1.08 bits per heavy atom. The normalized spacial score (nSPS) is 12.3. The van der Waals surface area contributed by atoms with Gasteiger partial charge in [-0.1, -0.05) is 24.3 Å². The molecule has 0 aliphatic carbocycles. The van der Waals surface area contributed by atoms with Crippen LogP contribution in [0, 0.1) is 0 Å². The summed E-state index contributed by atoms with van der Waals surface area (Å²) in [4.78, 5) is 6.80. The van der Waals surface area contributed by atoms with E-state index in [1.165, 1.54) is 11.1 Å². The van der Waals surface area contributed by atoms with Crippen molar-refractivity contribution in [1.82, 2.24) is 15.5 Å². The van der Waals surface area contributed by atoms with E-state index < -0.39 is 0 Å². The van der Waals surface area contributed by atoms with E-state index in [1.54, 1.807) is 0 Å². The first-order valence-corrected chi connectivity index (χ1v) is 9.34. The van der Waals surface area contributed by atoms with Gasteiger partial charge in [0.2, 0.25) is 0 Å². The van der Waals surface area contributed by atoms with Crippen molar-refractivity contribution in [2.75, 3.05) is 26.7 Å². The molecule has 5 nitrogen and oxygen atoms in total. The van der Waals surface area contributed by atoms with Crippen molar-refractivity contribution in [2.45, 2.75) is 59.9 Å². The molecule has 0 radical (unpaired) electrons. The first-order valence-electron chi connectivity index (χ1n) is 9.34. The molecular formula is C20H36N4O. The highest BCUT2D eigenvalue weighted by molar-refractivity contribution is 5.79. The number of ether oxygens (including phenoxy) is 1. The zero-order chi connectivity index (χ0) is 18.7. The van der Waals surface area contributed by atoms with Crippen molar-refractivity contribution in [3.8, 4) is 0 Å².